The van der Waals surface area contributed by atoms with Gasteiger partial charge in [-0.25, -0.2) is 0 Å². The minimum Gasteiger partial charge on any atom is -0.497 e. The van der Waals surface area contributed by atoms with Crippen molar-refractivity contribution in [1.29, 1.82) is 0 Å². The molecule has 0 amide bonds. The van der Waals surface area contributed by atoms with Gasteiger partial charge in [-0.15, -0.1) is 0 Å². The van der Waals surface area contributed by atoms with E-state index in [1.165, 1.54) is 6.07 Å². The van der Waals surface area contributed by atoms with E-state index in [4.69, 9.17) is 9.15 Å². The first-order valence-electron chi connectivity index (χ1n) is 7.27. The maximum absolute atomic E-state index is 12.2. The van der Waals surface area contributed by atoms with Gasteiger partial charge in [0.25, 0.3) is 0 Å². The number of anilines is 1. The fourth-order valence-electron chi connectivity index (χ4n) is 2.30. The van der Waals surface area contributed by atoms with E-state index in [-0.39, 0.29) is 5.43 Å². The van der Waals surface area contributed by atoms with Gasteiger partial charge >= 0.3 is 0 Å². The lowest BCUT2D eigenvalue weighted by Crippen LogP contribution is -2.00. The predicted octanol–water partition coefficient (Wildman–Crippen LogP) is 4.01. The van der Waals surface area contributed by atoms with Crippen LogP contribution < -0.4 is 15.5 Å². The third kappa shape index (κ3) is 3.26. The van der Waals surface area contributed by atoms with Crippen LogP contribution in [0.15, 0.2) is 57.7 Å². The van der Waals surface area contributed by atoms with Crippen LogP contribution in [-0.2, 0) is 0 Å². The molecule has 1 N–H and O–H groups in total. The lowest BCUT2D eigenvalue weighted by molar-refractivity contribution is 0.415. The molecule has 0 bridgehead atoms. The second-order valence-electron chi connectivity index (χ2n) is 5.08. The predicted molar refractivity (Wildman–Crippen MR) is 94.0 cm³/mol. The molecule has 1 aromatic heterocycles. The van der Waals surface area contributed by atoms with Gasteiger partial charge in [-0.2, -0.15) is 0 Å². The van der Waals surface area contributed by atoms with E-state index in [0.29, 0.717) is 22.5 Å². The van der Waals surface area contributed by atoms with Crippen LogP contribution in [0.25, 0.3) is 23.1 Å². The van der Waals surface area contributed by atoms with Gasteiger partial charge in [0.15, 0.2) is 5.43 Å². The van der Waals surface area contributed by atoms with E-state index in [9.17, 15) is 4.79 Å². The van der Waals surface area contributed by atoms with Crippen molar-refractivity contribution in [3.05, 3.63) is 70.1 Å². The first-order chi connectivity index (χ1) is 11.2. The molecule has 0 saturated heterocycles. The summed E-state index contributed by atoms with van der Waals surface area (Å²) < 4.78 is 10.9. The number of rotatable bonds is 4. The second kappa shape index (κ2) is 6.40. The first-order valence-corrected chi connectivity index (χ1v) is 7.27. The molecule has 0 aliphatic carbocycles. The standard InChI is InChI=1S/C19H17NO3/c1-20-14-6-3-13(4-7-14)5-8-16-12-18(21)17-11-15(22-2)9-10-19(17)23-16/h3-12,20H,1-2H3/b8-5+. The maximum atomic E-state index is 12.2. The topological polar surface area (TPSA) is 51.5 Å². The molecule has 0 saturated carbocycles. The minimum absolute atomic E-state index is 0.0877. The van der Waals surface area contributed by atoms with Crippen LogP contribution in [-0.4, -0.2) is 14.2 Å². The van der Waals surface area contributed by atoms with Gasteiger partial charge in [0.1, 0.15) is 17.1 Å². The fraction of sp³-hybridized carbons (Fsp3) is 0.105. The summed E-state index contributed by atoms with van der Waals surface area (Å²) in [6.07, 6.45) is 3.70. The molecule has 4 heteroatoms. The van der Waals surface area contributed by atoms with Crippen LogP contribution in [0.3, 0.4) is 0 Å². The molecule has 23 heavy (non-hydrogen) atoms. The SMILES string of the molecule is CNc1ccc(/C=C/c2cc(=O)c3cc(OC)ccc3o2)cc1. The third-order valence-electron chi connectivity index (χ3n) is 3.59. The summed E-state index contributed by atoms with van der Waals surface area (Å²) in [4.78, 5) is 12.2. The molecule has 0 atom stereocenters. The molecule has 4 nitrogen and oxygen atoms in total. The van der Waals surface area contributed by atoms with Crippen molar-refractivity contribution in [3.8, 4) is 5.75 Å². The number of fused-ring (bicyclic) bond motifs is 1. The molecular formula is C19H17NO3. The average Bonchev–Trinajstić information content (AvgIpc) is 2.60. The summed E-state index contributed by atoms with van der Waals surface area (Å²) in [6, 6.07) is 14.7. The highest BCUT2D eigenvalue weighted by Crippen LogP contribution is 2.20. The molecule has 0 radical (unpaired) electrons. The van der Waals surface area contributed by atoms with E-state index >= 15 is 0 Å². The summed E-state index contributed by atoms with van der Waals surface area (Å²) >= 11 is 0. The molecule has 1 heterocycles. The molecule has 3 aromatic rings. The first kappa shape index (κ1) is 14.9. The Morgan fingerprint density at radius 2 is 1.83 bits per heavy atom. The van der Waals surface area contributed by atoms with Crippen LogP contribution in [0.1, 0.15) is 11.3 Å². The van der Waals surface area contributed by atoms with Crippen LogP contribution in [0, 0.1) is 0 Å². The van der Waals surface area contributed by atoms with Gasteiger partial charge in [0, 0.05) is 18.8 Å². The largest absolute Gasteiger partial charge is 0.497 e. The second-order valence-corrected chi connectivity index (χ2v) is 5.08. The lowest BCUT2D eigenvalue weighted by Gasteiger charge is -2.02. The molecule has 0 unspecified atom stereocenters. The zero-order valence-electron chi connectivity index (χ0n) is 13.0. The van der Waals surface area contributed by atoms with Crippen LogP contribution in [0.2, 0.25) is 0 Å². The van der Waals surface area contributed by atoms with Gasteiger partial charge in [-0.05, 0) is 42.0 Å². The molecule has 0 spiro atoms. The smallest absolute Gasteiger partial charge is 0.193 e. The van der Waals surface area contributed by atoms with Crippen molar-refractivity contribution < 1.29 is 9.15 Å². The summed E-state index contributed by atoms with van der Waals surface area (Å²) in [6.45, 7) is 0. The van der Waals surface area contributed by atoms with Crippen molar-refractivity contribution >= 4 is 28.8 Å². The minimum atomic E-state index is -0.0877. The highest BCUT2D eigenvalue weighted by atomic mass is 16.5. The monoisotopic (exact) mass is 307 g/mol. The molecule has 2 aromatic carbocycles. The summed E-state index contributed by atoms with van der Waals surface area (Å²) in [5.41, 5.74) is 2.54. The van der Waals surface area contributed by atoms with Crippen molar-refractivity contribution in [2.24, 2.45) is 0 Å². The fourth-order valence-corrected chi connectivity index (χ4v) is 2.30. The lowest BCUT2D eigenvalue weighted by atomic mass is 10.1. The summed E-state index contributed by atoms with van der Waals surface area (Å²) in [7, 11) is 3.45. The zero-order chi connectivity index (χ0) is 16.2. The Kier molecular flexibility index (Phi) is 4.15. The number of hydrogen-bond acceptors (Lipinski definition) is 4. The van der Waals surface area contributed by atoms with Crippen LogP contribution in [0.5, 0.6) is 5.75 Å². The van der Waals surface area contributed by atoms with E-state index < -0.39 is 0 Å². The Bertz CT molecular complexity index is 908. The average molecular weight is 307 g/mol. The summed E-state index contributed by atoms with van der Waals surface area (Å²) in [5, 5.41) is 3.58. The summed E-state index contributed by atoms with van der Waals surface area (Å²) in [5.74, 6) is 1.16. The number of ether oxygens (including phenoxy) is 1. The molecule has 0 aliphatic rings. The normalized spacial score (nSPS) is 11.0. The quantitative estimate of drug-likeness (QED) is 0.791. The molecule has 0 fully saturated rings. The van der Waals surface area contributed by atoms with Gasteiger partial charge in [-0.1, -0.05) is 18.2 Å². The van der Waals surface area contributed by atoms with Crippen molar-refractivity contribution in [2.75, 3.05) is 19.5 Å². The number of methoxy groups -OCH3 is 1. The molecule has 3 rings (SSSR count). The van der Waals surface area contributed by atoms with Gasteiger partial charge in [-0.3, -0.25) is 4.79 Å². The number of hydrogen-bond donors (Lipinski definition) is 1. The van der Waals surface area contributed by atoms with E-state index in [0.717, 1.165) is 11.3 Å². The maximum Gasteiger partial charge on any atom is 0.193 e. The Morgan fingerprint density at radius 3 is 2.52 bits per heavy atom. The Balaban J connectivity index is 1.93. The molecule has 0 aliphatic heterocycles. The highest BCUT2D eigenvalue weighted by Gasteiger charge is 2.04. The van der Waals surface area contributed by atoms with E-state index in [1.807, 2.05) is 37.4 Å². The van der Waals surface area contributed by atoms with E-state index in [2.05, 4.69) is 5.32 Å². The highest BCUT2D eigenvalue weighted by molar-refractivity contribution is 5.79. The van der Waals surface area contributed by atoms with Gasteiger partial charge in [0.05, 0.1) is 12.5 Å². The van der Waals surface area contributed by atoms with Crippen LogP contribution in [0.4, 0.5) is 5.69 Å². The Morgan fingerprint density at radius 1 is 1.04 bits per heavy atom. The zero-order valence-corrected chi connectivity index (χ0v) is 13.0. The van der Waals surface area contributed by atoms with E-state index in [1.54, 1.807) is 31.4 Å². The Hall–Kier alpha value is -3.01. The van der Waals surface area contributed by atoms with Crippen molar-refractivity contribution in [1.82, 2.24) is 0 Å². The number of benzene rings is 2. The van der Waals surface area contributed by atoms with Crippen molar-refractivity contribution in [3.63, 3.8) is 0 Å². The van der Waals surface area contributed by atoms with Gasteiger partial charge < -0.3 is 14.5 Å². The molecular weight excluding hydrogens is 290 g/mol. The van der Waals surface area contributed by atoms with Crippen LogP contribution >= 0.6 is 0 Å². The number of nitrogens with one attached hydrogen (secondary N) is 1. The van der Waals surface area contributed by atoms with Crippen molar-refractivity contribution in [2.45, 2.75) is 0 Å². The molecule has 116 valence electrons. The third-order valence-corrected chi connectivity index (χ3v) is 3.59. The van der Waals surface area contributed by atoms with Gasteiger partial charge in [0.2, 0.25) is 0 Å². The Labute approximate surface area is 134 Å².